The number of hydrogen-bond acceptors (Lipinski definition) is 5. The average Bonchev–Trinajstić information content (AvgIpc) is 2.89. The molecule has 4 atom stereocenters. The van der Waals surface area contributed by atoms with Crippen molar-refractivity contribution in [2.24, 2.45) is 16.7 Å². The van der Waals surface area contributed by atoms with E-state index in [2.05, 4.69) is 0 Å². The molecule has 0 radical (unpaired) electrons. The van der Waals surface area contributed by atoms with E-state index in [1.807, 2.05) is 0 Å². The van der Waals surface area contributed by atoms with Crippen molar-refractivity contribution in [3.8, 4) is 0 Å². The van der Waals surface area contributed by atoms with Crippen LogP contribution in [0.5, 0.6) is 0 Å². The molecule has 1 aliphatic carbocycles. The van der Waals surface area contributed by atoms with Gasteiger partial charge in [0.25, 0.3) is 0 Å². The SMILES string of the molecule is CC1(C)C(=O)C(C)(C)C2=C[C@@H]3[C@H]4[C@H](C1=CS4(=O)=O)[C@H]2S3(=O)=O. The van der Waals surface area contributed by atoms with Gasteiger partial charge in [-0.1, -0.05) is 6.08 Å². The molecule has 0 N–H and O–H groups in total. The summed E-state index contributed by atoms with van der Waals surface area (Å²) in [7, 11) is -7.23. The van der Waals surface area contributed by atoms with Crippen LogP contribution >= 0.6 is 0 Å². The number of hydrogen-bond donors (Lipinski definition) is 0. The van der Waals surface area contributed by atoms with Crippen LogP contribution in [0.3, 0.4) is 0 Å². The van der Waals surface area contributed by atoms with Crippen molar-refractivity contribution < 1.29 is 21.6 Å². The molecule has 120 valence electrons. The predicted molar refractivity (Wildman–Crippen MR) is 81.4 cm³/mol. The first-order valence-electron chi connectivity index (χ1n) is 7.30. The lowest BCUT2D eigenvalue weighted by atomic mass is 9.69. The maximum atomic E-state index is 13.0. The predicted octanol–water partition coefficient (Wildman–Crippen LogP) is 1.02. The molecule has 2 fully saturated rings. The van der Waals surface area contributed by atoms with Gasteiger partial charge < -0.3 is 0 Å². The van der Waals surface area contributed by atoms with Crippen molar-refractivity contribution in [1.82, 2.24) is 0 Å². The summed E-state index contributed by atoms with van der Waals surface area (Å²) < 4.78 is 50.5. The third kappa shape index (κ3) is 1.26. The third-order valence-electron chi connectivity index (χ3n) is 6.00. The summed E-state index contributed by atoms with van der Waals surface area (Å²) in [6.07, 6.45) is 1.55. The van der Waals surface area contributed by atoms with Gasteiger partial charge in [-0.15, -0.1) is 0 Å². The molecule has 3 heterocycles. The molecule has 2 bridgehead atoms. The fraction of sp³-hybridized carbons (Fsp3) is 0.667. The Morgan fingerprint density at radius 3 is 2.09 bits per heavy atom. The number of sulfone groups is 2. The number of allylic oxidation sites excluding steroid dienone is 1. The smallest absolute Gasteiger partial charge is 0.176 e. The van der Waals surface area contributed by atoms with Gasteiger partial charge in [0.05, 0.1) is 15.7 Å². The summed E-state index contributed by atoms with van der Waals surface area (Å²) in [6, 6.07) is 0. The van der Waals surface area contributed by atoms with E-state index in [-0.39, 0.29) is 5.78 Å². The molecule has 0 amide bonds. The molecule has 0 spiro atoms. The van der Waals surface area contributed by atoms with Crippen LogP contribution in [-0.2, 0) is 24.5 Å². The fourth-order valence-corrected chi connectivity index (χ4v) is 10.8. The molecule has 4 aliphatic rings. The first kappa shape index (κ1) is 14.6. The molecule has 22 heavy (non-hydrogen) atoms. The topological polar surface area (TPSA) is 85.3 Å². The summed E-state index contributed by atoms with van der Waals surface area (Å²) in [6.45, 7) is 6.94. The van der Waals surface area contributed by atoms with Gasteiger partial charge in [-0.2, -0.15) is 0 Å². The molecule has 4 rings (SSSR count). The van der Waals surface area contributed by atoms with E-state index >= 15 is 0 Å². The van der Waals surface area contributed by atoms with Gasteiger partial charge in [-0.3, -0.25) is 4.79 Å². The highest BCUT2D eigenvalue weighted by molar-refractivity contribution is 7.99. The van der Waals surface area contributed by atoms with Crippen LogP contribution in [0, 0.1) is 16.7 Å². The maximum absolute atomic E-state index is 13.0. The monoisotopic (exact) mass is 342 g/mol. The van der Waals surface area contributed by atoms with E-state index in [0.717, 1.165) is 0 Å². The Labute approximate surface area is 130 Å². The Morgan fingerprint density at radius 1 is 0.955 bits per heavy atom. The molecular formula is C15H18O5S2. The van der Waals surface area contributed by atoms with Crippen molar-refractivity contribution in [2.45, 2.75) is 43.4 Å². The largest absolute Gasteiger partial charge is 0.298 e. The number of ketones is 1. The zero-order valence-electron chi connectivity index (χ0n) is 12.8. The zero-order chi connectivity index (χ0) is 16.5. The van der Waals surface area contributed by atoms with Gasteiger partial charge in [0.2, 0.25) is 0 Å². The molecule has 0 aromatic rings. The number of Topliss-reactive ketones (excluding diaryl/α,β-unsaturated/α-hetero) is 1. The molecule has 7 heteroatoms. The van der Waals surface area contributed by atoms with E-state index in [9.17, 15) is 21.6 Å². The van der Waals surface area contributed by atoms with Crippen LogP contribution in [0.1, 0.15) is 27.7 Å². The number of rotatable bonds is 0. The van der Waals surface area contributed by atoms with E-state index in [1.165, 1.54) is 5.41 Å². The molecular weight excluding hydrogens is 324 g/mol. The minimum atomic E-state index is -3.65. The standard InChI is InChI=1S/C15H18O5S2/c1-14(2)7-5-9-12-10(11(7)22(9,19)20)8(6-21(12,17)18)15(3,4)13(14)16/h5-6,9-12H,1-4H3/t9-,10-,11+,12+/m1/s1. The summed E-state index contributed by atoms with van der Waals surface area (Å²) in [5.41, 5.74) is -0.791. The van der Waals surface area contributed by atoms with E-state index < -0.39 is 52.2 Å². The van der Waals surface area contributed by atoms with Gasteiger partial charge in [0.15, 0.2) is 25.5 Å². The highest BCUT2D eigenvalue weighted by Gasteiger charge is 2.72. The normalized spacial score (nSPS) is 44.5. The van der Waals surface area contributed by atoms with Gasteiger partial charge in [0, 0.05) is 22.2 Å². The summed E-state index contributed by atoms with van der Waals surface area (Å²) in [5.74, 6) is -0.709. The van der Waals surface area contributed by atoms with E-state index in [4.69, 9.17) is 0 Å². The van der Waals surface area contributed by atoms with Crippen LogP contribution in [-0.4, -0.2) is 38.4 Å². The average molecular weight is 342 g/mol. The van der Waals surface area contributed by atoms with Crippen molar-refractivity contribution in [3.63, 3.8) is 0 Å². The lowest BCUT2D eigenvalue weighted by Crippen LogP contribution is -2.38. The van der Waals surface area contributed by atoms with Gasteiger partial charge >= 0.3 is 0 Å². The molecule has 0 unspecified atom stereocenters. The van der Waals surface area contributed by atoms with Crippen molar-refractivity contribution >= 4 is 25.5 Å². The lowest BCUT2D eigenvalue weighted by molar-refractivity contribution is -0.131. The maximum Gasteiger partial charge on any atom is 0.176 e. The van der Waals surface area contributed by atoms with E-state index in [0.29, 0.717) is 11.1 Å². The molecule has 0 aromatic carbocycles. The van der Waals surface area contributed by atoms with Gasteiger partial charge in [-0.05, 0) is 38.8 Å². The number of carbonyl (C=O) groups is 1. The molecule has 1 saturated carbocycles. The Bertz CT molecular complexity index is 900. The summed E-state index contributed by atoms with van der Waals surface area (Å²) in [4.78, 5) is 13.0. The Kier molecular flexibility index (Phi) is 2.28. The summed E-state index contributed by atoms with van der Waals surface area (Å²) >= 11 is 0. The quantitative estimate of drug-likeness (QED) is 0.614. The minimum Gasteiger partial charge on any atom is -0.298 e. The van der Waals surface area contributed by atoms with E-state index in [1.54, 1.807) is 33.8 Å². The molecule has 1 saturated heterocycles. The van der Waals surface area contributed by atoms with Crippen molar-refractivity contribution in [3.05, 3.63) is 22.6 Å². The second-order valence-electron chi connectivity index (χ2n) is 7.83. The highest BCUT2D eigenvalue weighted by atomic mass is 32.2. The lowest BCUT2D eigenvalue weighted by Gasteiger charge is -2.32. The van der Waals surface area contributed by atoms with Crippen molar-refractivity contribution in [2.75, 3.05) is 0 Å². The second-order valence-corrected chi connectivity index (χ2v) is 12.0. The van der Waals surface area contributed by atoms with Gasteiger partial charge in [0.1, 0.15) is 0 Å². The molecule has 5 nitrogen and oxygen atoms in total. The fourth-order valence-electron chi connectivity index (χ4n) is 5.01. The summed E-state index contributed by atoms with van der Waals surface area (Å²) in [5, 5.41) is -1.61. The van der Waals surface area contributed by atoms with Crippen LogP contribution < -0.4 is 0 Å². The van der Waals surface area contributed by atoms with Crippen LogP contribution in [0.25, 0.3) is 0 Å². The Hall–Kier alpha value is -0.950. The molecule has 3 aliphatic heterocycles. The Morgan fingerprint density at radius 2 is 1.50 bits per heavy atom. The third-order valence-corrected chi connectivity index (χ3v) is 10.5. The van der Waals surface area contributed by atoms with Gasteiger partial charge in [-0.25, -0.2) is 16.8 Å². The first-order chi connectivity index (χ1) is 9.84. The first-order valence-corrected chi connectivity index (χ1v) is 10.5. The van der Waals surface area contributed by atoms with Crippen LogP contribution in [0.2, 0.25) is 0 Å². The zero-order valence-corrected chi connectivity index (χ0v) is 14.5. The number of fused-ring (bicyclic) bond motifs is 2. The van der Waals surface area contributed by atoms with Crippen LogP contribution in [0.4, 0.5) is 0 Å². The highest BCUT2D eigenvalue weighted by Crippen LogP contribution is 2.63. The molecule has 0 aromatic heterocycles. The minimum absolute atomic E-state index is 0.112. The second kappa shape index (κ2) is 3.43. The van der Waals surface area contributed by atoms with Crippen LogP contribution in [0.15, 0.2) is 22.6 Å². The van der Waals surface area contributed by atoms with Crippen molar-refractivity contribution in [1.29, 1.82) is 0 Å². The number of carbonyl (C=O) groups excluding carboxylic acids is 1. The Balaban J connectivity index is 2.15.